The molecule has 190 valence electrons. The number of rotatable bonds is 13. The molecule has 3 aromatic carbocycles. The summed E-state index contributed by atoms with van der Waals surface area (Å²) in [5.41, 5.74) is 3.08. The molecule has 1 N–H and O–H groups in total. The zero-order valence-electron chi connectivity index (χ0n) is 20.4. The Morgan fingerprint density at radius 3 is 1.72 bits per heavy atom. The number of aliphatic hydroxyl groups is 1. The van der Waals surface area contributed by atoms with Crippen LogP contribution in [0.1, 0.15) is 16.7 Å². The second-order valence-electron chi connectivity index (χ2n) is 8.68. The minimum absolute atomic E-state index is 0.236. The smallest absolute Gasteiger partial charge is 0.187 e. The predicted octanol–water partition coefficient (Wildman–Crippen LogP) is 4.66. The molecular weight excluding hydrogens is 456 g/mol. The van der Waals surface area contributed by atoms with Gasteiger partial charge in [0.2, 0.25) is 0 Å². The third-order valence-corrected chi connectivity index (χ3v) is 5.96. The van der Waals surface area contributed by atoms with E-state index in [4.69, 9.17) is 23.7 Å². The first-order valence-corrected chi connectivity index (χ1v) is 12.2. The summed E-state index contributed by atoms with van der Waals surface area (Å²) in [4.78, 5) is 0. The molecule has 0 radical (unpaired) electrons. The molecule has 0 bridgehead atoms. The van der Waals surface area contributed by atoms with E-state index >= 15 is 0 Å². The largest absolute Gasteiger partial charge is 0.385 e. The number of ether oxygens (including phenoxy) is 5. The van der Waals surface area contributed by atoms with Crippen LogP contribution in [0, 0.1) is 0 Å². The molecule has 36 heavy (non-hydrogen) atoms. The molecule has 6 heteroatoms. The zero-order chi connectivity index (χ0) is 25.0. The van der Waals surface area contributed by atoms with Crippen LogP contribution in [-0.4, -0.2) is 49.0 Å². The third-order valence-electron chi connectivity index (χ3n) is 5.96. The highest BCUT2D eigenvalue weighted by Crippen LogP contribution is 2.29. The summed E-state index contributed by atoms with van der Waals surface area (Å²) >= 11 is 0. The summed E-state index contributed by atoms with van der Waals surface area (Å²) in [5, 5.41) is 11.2. The first kappa shape index (κ1) is 26.2. The van der Waals surface area contributed by atoms with Crippen molar-refractivity contribution in [3.8, 4) is 0 Å². The second kappa shape index (κ2) is 14.0. The topological polar surface area (TPSA) is 66.4 Å². The minimum Gasteiger partial charge on any atom is -0.385 e. The Bertz CT molecular complexity index is 1010. The van der Waals surface area contributed by atoms with Crippen molar-refractivity contribution in [1.29, 1.82) is 0 Å². The SMILES string of the molecule is C=CCOC1OC(COCc2ccccc2)C(OCc2ccccc2)C(OCc2ccccc2)C1O. The van der Waals surface area contributed by atoms with E-state index in [0.29, 0.717) is 19.8 Å². The van der Waals surface area contributed by atoms with Gasteiger partial charge in [-0.15, -0.1) is 6.58 Å². The van der Waals surface area contributed by atoms with Crippen LogP contribution < -0.4 is 0 Å². The normalized spacial score (nSPS) is 23.9. The second-order valence-corrected chi connectivity index (χ2v) is 8.68. The molecular formula is C30H34O6. The molecule has 0 spiro atoms. The van der Waals surface area contributed by atoms with Gasteiger partial charge in [-0.05, 0) is 16.7 Å². The maximum Gasteiger partial charge on any atom is 0.187 e. The van der Waals surface area contributed by atoms with E-state index in [9.17, 15) is 5.11 Å². The van der Waals surface area contributed by atoms with Crippen LogP contribution in [0.15, 0.2) is 104 Å². The molecule has 0 saturated carbocycles. The highest BCUT2D eigenvalue weighted by Gasteiger charge is 2.47. The highest BCUT2D eigenvalue weighted by molar-refractivity contribution is 5.15. The van der Waals surface area contributed by atoms with Crippen LogP contribution in [0.5, 0.6) is 0 Å². The molecule has 1 aliphatic rings. The lowest BCUT2D eigenvalue weighted by molar-refractivity contribution is -0.316. The Labute approximate surface area is 213 Å². The fourth-order valence-corrected chi connectivity index (χ4v) is 4.12. The average molecular weight is 491 g/mol. The summed E-state index contributed by atoms with van der Waals surface area (Å²) in [7, 11) is 0. The third kappa shape index (κ3) is 7.58. The van der Waals surface area contributed by atoms with Crippen LogP contribution in [0.4, 0.5) is 0 Å². The van der Waals surface area contributed by atoms with Crippen LogP contribution in [0.2, 0.25) is 0 Å². The van der Waals surface area contributed by atoms with Crippen molar-refractivity contribution in [3.05, 3.63) is 120 Å². The van der Waals surface area contributed by atoms with Crippen molar-refractivity contribution in [3.63, 3.8) is 0 Å². The van der Waals surface area contributed by atoms with Crippen molar-refractivity contribution in [1.82, 2.24) is 0 Å². The highest BCUT2D eigenvalue weighted by atomic mass is 16.7. The van der Waals surface area contributed by atoms with E-state index in [1.54, 1.807) is 6.08 Å². The van der Waals surface area contributed by atoms with Gasteiger partial charge in [-0.1, -0.05) is 97.1 Å². The standard InChI is InChI=1S/C30H34O6/c1-2-18-33-30-27(31)29(35-21-25-16-10-5-11-17-25)28(34-20-24-14-8-4-9-15-24)26(36-30)22-32-19-23-12-6-3-7-13-23/h2-17,26-31H,1,18-22H2. The van der Waals surface area contributed by atoms with Gasteiger partial charge in [0.05, 0.1) is 33.0 Å². The van der Waals surface area contributed by atoms with Gasteiger partial charge in [0.1, 0.15) is 24.4 Å². The Morgan fingerprint density at radius 1 is 0.694 bits per heavy atom. The molecule has 4 rings (SSSR count). The molecule has 1 heterocycles. The molecule has 6 nitrogen and oxygen atoms in total. The van der Waals surface area contributed by atoms with Gasteiger partial charge in [-0.3, -0.25) is 0 Å². The van der Waals surface area contributed by atoms with Crippen LogP contribution in [-0.2, 0) is 43.5 Å². The summed E-state index contributed by atoms with van der Waals surface area (Å²) in [6, 6.07) is 29.7. The fraction of sp³-hybridized carbons (Fsp3) is 0.333. The van der Waals surface area contributed by atoms with Gasteiger partial charge in [0, 0.05) is 0 Å². The number of benzene rings is 3. The number of hydrogen-bond donors (Lipinski definition) is 1. The van der Waals surface area contributed by atoms with Crippen molar-refractivity contribution >= 4 is 0 Å². The Balaban J connectivity index is 1.51. The molecule has 5 unspecified atom stereocenters. The molecule has 0 amide bonds. The molecule has 3 aromatic rings. The Hall–Kier alpha value is -2.84. The van der Waals surface area contributed by atoms with Gasteiger partial charge < -0.3 is 28.8 Å². The summed E-state index contributed by atoms with van der Waals surface area (Å²) < 4.78 is 30.6. The number of aliphatic hydroxyl groups excluding tert-OH is 1. The Morgan fingerprint density at radius 2 is 1.19 bits per heavy atom. The fourth-order valence-electron chi connectivity index (χ4n) is 4.12. The monoisotopic (exact) mass is 490 g/mol. The van der Waals surface area contributed by atoms with Crippen molar-refractivity contribution < 1.29 is 28.8 Å². The summed E-state index contributed by atoms with van der Waals surface area (Å²) in [5.74, 6) is 0. The van der Waals surface area contributed by atoms with Gasteiger partial charge in [0.15, 0.2) is 6.29 Å². The molecule has 1 aliphatic heterocycles. The van der Waals surface area contributed by atoms with Crippen molar-refractivity contribution in [2.24, 2.45) is 0 Å². The van der Waals surface area contributed by atoms with Crippen LogP contribution in [0.3, 0.4) is 0 Å². The predicted molar refractivity (Wildman–Crippen MR) is 137 cm³/mol. The maximum atomic E-state index is 11.2. The lowest BCUT2D eigenvalue weighted by Gasteiger charge is -2.44. The van der Waals surface area contributed by atoms with Crippen LogP contribution in [0.25, 0.3) is 0 Å². The zero-order valence-corrected chi connectivity index (χ0v) is 20.4. The van der Waals surface area contributed by atoms with E-state index in [-0.39, 0.29) is 13.2 Å². The van der Waals surface area contributed by atoms with Crippen molar-refractivity contribution in [2.45, 2.75) is 50.5 Å². The first-order chi connectivity index (χ1) is 17.7. The lowest BCUT2D eigenvalue weighted by atomic mass is 9.98. The summed E-state index contributed by atoms with van der Waals surface area (Å²) in [6.45, 7) is 5.29. The first-order valence-electron chi connectivity index (χ1n) is 12.2. The quantitative estimate of drug-likeness (QED) is 0.352. The van der Waals surface area contributed by atoms with Gasteiger partial charge in [-0.25, -0.2) is 0 Å². The minimum atomic E-state index is -1.06. The van der Waals surface area contributed by atoms with Gasteiger partial charge in [0.25, 0.3) is 0 Å². The van der Waals surface area contributed by atoms with Crippen LogP contribution >= 0.6 is 0 Å². The van der Waals surface area contributed by atoms with E-state index in [1.807, 2.05) is 91.0 Å². The van der Waals surface area contributed by atoms with E-state index in [1.165, 1.54) is 0 Å². The molecule has 0 aromatic heterocycles. The molecule has 5 atom stereocenters. The van der Waals surface area contributed by atoms with E-state index in [2.05, 4.69) is 6.58 Å². The number of hydrogen-bond acceptors (Lipinski definition) is 6. The van der Waals surface area contributed by atoms with E-state index < -0.39 is 30.7 Å². The van der Waals surface area contributed by atoms with Gasteiger partial charge >= 0.3 is 0 Å². The Kier molecular flexibility index (Phi) is 10.2. The van der Waals surface area contributed by atoms with E-state index in [0.717, 1.165) is 16.7 Å². The molecule has 1 saturated heterocycles. The molecule has 1 fully saturated rings. The summed E-state index contributed by atoms with van der Waals surface area (Å²) in [6.07, 6.45) is -2.12. The molecule has 0 aliphatic carbocycles. The average Bonchev–Trinajstić information content (AvgIpc) is 2.93. The maximum absolute atomic E-state index is 11.2. The van der Waals surface area contributed by atoms with Crippen molar-refractivity contribution in [2.75, 3.05) is 13.2 Å². The van der Waals surface area contributed by atoms with Gasteiger partial charge in [-0.2, -0.15) is 0 Å². The lowest BCUT2D eigenvalue weighted by Crippen LogP contribution is -2.61.